The maximum absolute atomic E-state index is 11.6. The first-order valence-corrected chi connectivity index (χ1v) is 9.32. The van der Waals surface area contributed by atoms with E-state index in [1.807, 2.05) is 61.5 Å². The molecule has 0 radical (unpaired) electrons. The van der Waals surface area contributed by atoms with Crippen LogP contribution in [0.3, 0.4) is 0 Å². The smallest absolute Gasteiger partial charge is 0.337 e. The van der Waals surface area contributed by atoms with Gasteiger partial charge in [-0.05, 0) is 42.2 Å². The maximum atomic E-state index is 11.6. The molecular weight excluding hydrogens is 352 g/mol. The van der Waals surface area contributed by atoms with Crippen molar-refractivity contribution in [2.45, 2.75) is 32.0 Å². The molecule has 0 spiro atoms. The first-order chi connectivity index (χ1) is 13.5. The van der Waals surface area contributed by atoms with Crippen LogP contribution >= 0.6 is 0 Å². The molecule has 2 rings (SSSR count). The number of aliphatic hydroxyl groups excluding tert-OH is 1. The molecule has 2 unspecified atom stereocenters. The molecule has 2 atom stereocenters. The van der Waals surface area contributed by atoms with Crippen LogP contribution in [0.4, 0.5) is 0 Å². The Morgan fingerprint density at radius 3 is 2.43 bits per heavy atom. The minimum Gasteiger partial charge on any atom is -0.465 e. The number of hydrogen-bond donors (Lipinski definition) is 1. The van der Waals surface area contributed by atoms with Gasteiger partial charge in [0.15, 0.2) is 0 Å². The molecule has 0 aliphatic rings. The van der Waals surface area contributed by atoms with E-state index in [1.165, 1.54) is 7.11 Å². The summed E-state index contributed by atoms with van der Waals surface area (Å²) in [6.07, 6.45) is 3.93. The van der Waals surface area contributed by atoms with Gasteiger partial charge in [0.05, 0.1) is 32.0 Å². The van der Waals surface area contributed by atoms with E-state index in [-0.39, 0.29) is 18.5 Å². The van der Waals surface area contributed by atoms with Crippen molar-refractivity contribution in [3.63, 3.8) is 0 Å². The van der Waals surface area contributed by atoms with Crippen LogP contribution in [0.1, 0.15) is 40.7 Å². The Morgan fingerprint density at radius 2 is 1.82 bits per heavy atom. The van der Waals surface area contributed by atoms with E-state index in [0.717, 1.165) is 23.1 Å². The summed E-state index contributed by atoms with van der Waals surface area (Å²) in [5.41, 5.74) is 3.48. The predicted octanol–water partition coefficient (Wildman–Crippen LogP) is 4.66. The SMILES string of the molecule is C=CCC(/C=C(\C)C(O)COCc1ccccc1)c1ccc(C(=O)OC)cc1. The Labute approximate surface area is 167 Å². The van der Waals surface area contributed by atoms with Crippen LogP contribution < -0.4 is 0 Å². The highest BCUT2D eigenvalue weighted by atomic mass is 16.5. The molecule has 28 heavy (non-hydrogen) atoms. The minimum atomic E-state index is -0.676. The molecule has 0 saturated carbocycles. The van der Waals surface area contributed by atoms with E-state index in [9.17, 15) is 9.90 Å². The Kier molecular flexibility index (Phi) is 8.66. The third-order valence-electron chi connectivity index (χ3n) is 4.56. The second-order valence-electron chi connectivity index (χ2n) is 6.67. The molecule has 2 aromatic carbocycles. The summed E-state index contributed by atoms with van der Waals surface area (Å²) in [7, 11) is 1.37. The third-order valence-corrected chi connectivity index (χ3v) is 4.56. The van der Waals surface area contributed by atoms with E-state index < -0.39 is 6.10 Å². The zero-order valence-corrected chi connectivity index (χ0v) is 16.5. The van der Waals surface area contributed by atoms with Gasteiger partial charge in [-0.2, -0.15) is 0 Å². The van der Waals surface area contributed by atoms with Crippen LogP contribution in [0.15, 0.2) is 78.9 Å². The number of methoxy groups -OCH3 is 1. The number of allylic oxidation sites excluding steroid dienone is 2. The van der Waals surface area contributed by atoms with Gasteiger partial charge in [0.2, 0.25) is 0 Å². The van der Waals surface area contributed by atoms with Crippen molar-refractivity contribution in [3.05, 3.63) is 95.6 Å². The molecule has 0 fully saturated rings. The standard InChI is InChI=1S/C24H28O4/c1-4-8-22(20-11-13-21(14-12-20)24(26)27-3)15-18(2)23(25)17-28-16-19-9-6-5-7-10-19/h4-7,9-15,22-23,25H,1,8,16-17H2,2-3H3/b18-15+. The molecule has 0 amide bonds. The number of carbonyl (C=O) groups excluding carboxylic acids is 1. The van der Waals surface area contributed by atoms with Crippen molar-refractivity contribution in [1.29, 1.82) is 0 Å². The van der Waals surface area contributed by atoms with Crippen molar-refractivity contribution in [1.82, 2.24) is 0 Å². The number of benzene rings is 2. The lowest BCUT2D eigenvalue weighted by molar-refractivity contribution is 0.0451. The first-order valence-electron chi connectivity index (χ1n) is 9.32. The van der Waals surface area contributed by atoms with E-state index in [2.05, 4.69) is 6.58 Å². The monoisotopic (exact) mass is 380 g/mol. The van der Waals surface area contributed by atoms with Crippen molar-refractivity contribution in [2.24, 2.45) is 0 Å². The molecule has 1 N–H and O–H groups in total. The maximum Gasteiger partial charge on any atom is 0.337 e. The largest absolute Gasteiger partial charge is 0.465 e. The Bertz CT molecular complexity index is 778. The summed E-state index contributed by atoms with van der Waals surface area (Å²) in [5.74, 6) is -0.294. The normalized spacial score (nSPS) is 13.6. The van der Waals surface area contributed by atoms with Gasteiger partial charge in [-0.1, -0.05) is 54.6 Å². The molecule has 0 aliphatic heterocycles. The van der Waals surface area contributed by atoms with E-state index in [4.69, 9.17) is 9.47 Å². The van der Waals surface area contributed by atoms with Gasteiger partial charge in [-0.15, -0.1) is 6.58 Å². The van der Waals surface area contributed by atoms with Crippen LogP contribution in [-0.2, 0) is 16.1 Å². The minimum absolute atomic E-state index is 0.0629. The Hall–Kier alpha value is -2.69. The molecule has 4 nitrogen and oxygen atoms in total. The van der Waals surface area contributed by atoms with Gasteiger partial charge in [0, 0.05) is 5.92 Å². The molecule has 0 heterocycles. The lowest BCUT2D eigenvalue weighted by Crippen LogP contribution is -2.17. The van der Waals surface area contributed by atoms with Crippen LogP contribution in [-0.4, -0.2) is 30.9 Å². The molecular formula is C24H28O4. The molecule has 0 saturated heterocycles. The van der Waals surface area contributed by atoms with Crippen molar-refractivity contribution in [2.75, 3.05) is 13.7 Å². The zero-order valence-electron chi connectivity index (χ0n) is 16.5. The molecule has 0 aliphatic carbocycles. The number of ether oxygens (including phenoxy) is 2. The third kappa shape index (κ3) is 6.48. The highest BCUT2D eigenvalue weighted by Crippen LogP contribution is 2.25. The molecule has 2 aromatic rings. The fourth-order valence-corrected chi connectivity index (χ4v) is 2.89. The van der Waals surface area contributed by atoms with Gasteiger partial charge >= 0.3 is 5.97 Å². The number of carbonyl (C=O) groups is 1. The quantitative estimate of drug-likeness (QED) is 0.481. The Balaban J connectivity index is 2.00. The summed E-state index contributed by atoms with van der Waals surface area (Å²) < 4.78 is 10.4. The van der Waals surface area contributed by atoms with Crippen molar-refractivity contribution >= 4 is 5.97 Å². The molecule has 0 aromatic heterocycles. The van der Waals surface area contributed by atoms with Gasteiger partial charge in [0.25, 0.3) is 0 Å². The highest BCUT2D eigenvalue weighted by molar-refractivity contribution is 5.89. The summed E-state index contributed by atoms with van der Waals surface area (Å²) in [6.45, 7) is 6.43. The zero-order chi connectivity index (χ0) is 20.4. The van der Waals surface area contributed by atoms with Crippen LogP contribution in [0.5, 0.6) is 0 Å². The topological polar surface area (TPSA) is 55.8 Å². The van der Waals surface area contributed by atoms with E-state index in [1.54, 1.807) is 12.1 Å². The van der Waals surface area contributed by atoms with Gasteiger partial charge in [0.1, 0.15) is 0 Å². The van der Waals surface area contributed by atoms with Gasteiger partial charge < -0.3 is 14.6 Å². The van der Waals surface area contributed by atoms with Crippen molar-refractivity contribution in [3.8, 4) is 0 Å². The van der Waals surface area contributed by atoms with Crippen molar-refractivity contribution < 1.29 is 19.4 Å². The second kappa shape index (κ2) is 11.2. The van der Waals surface area contributed by atoms with Gasteiger partial charge in [-0.3, -0.25) is 0 Å². The molecule has 0 bridgehead atoms. The van der Waals surface area contributed by atoms with Gasteiger partial charge in [-0.25, -0.2) is 4.79 Å². The summed E-state index contributed by atoms with van der Waals surface area (Å²) in [4.78, 5) is 11.6. The van der Waals surface area contributed by atoms with E-state index >= 15 is 0 Å². The number of hydrogen-bond acceptors (Lipinski definition) is 4. The average molecular weight is 380 g/mol. The number of esters is 1. The average Bonchev–Trinajstić information content (AvgIpc) is 2.73. The lowest BCUT2D eigenvalue weighted by atomic mass is 9.92. The number of aliphatic hydroxyl groups is 1. The summed E-state index contributed by atoms with van der Waals surface area (Å²) in [5, 5.41) is 10.4. The predicted molar refractivity (Wildman–Crippen MR) is 111 cm³/mol. The number of rotatable bonds is 10. The molecule has 148 valence electrons. The summed E-state index contributed by atoms with van der Waals surface area (Å²) >= 11 is 0. The van der Waals surface area contributed by atoms with Crippen LogP contribution in [0, 0.1) is 0 Å². The lowest BCUT2D eigenvalue weighted by Gasteiger charge is -2.17. The Morgan fingerprint density at radius 1 is 1.14 bits per heavy atom. The van der Waals surface area contributed by atoms with Crippen LogP contribution in [0.25, 0.3) is 0 Å². The first kappa shape index (κ1) is 21.6. The highest BCUT2D eigenvalue weighted by Gasteiger charge is 2.13. The fourth-order valence-electron chi connectivity index (χ4n) is 2.89. The van der Waals surface area contributed by atoms with Crippen LogP contribution in [0.2, 0.25) is 0 Å². The van der Waals surface area contributed by atoms with E-state index in [0.29, 0.717) is 12.2 Å². The summed E-state index contributed by atoms with van der Waals surface area (Å²) in [6, 6.07) is 17.2. The second-order valence-corrected chi connectivity index (χ2v) is 6.67. The molecule has 4 heteroatoms. The fraction of sp³-hybridized carbons (Fsp3) is 0.292.